The highest BCUT2D eigenvalue weighted by atomic mass is 28.4. The van der Waals surface area contributed by atoms with Gasteiger partial charge in [0.05, 0.1) is 0 Å². The van der Waals surface area contributed by atoms with E-state index in [1.54, 1.807) is 0 Å². The van der Waals surface area contributed by atoms with Crippen molar-refractivity contribution in [2.75, 3.05) is 0 Å². The first kappa shape index (κ1) is 19.2. The summed E-state index contributed by atoms with van der Waals surface area (Å²) in [6.45, 7) is 13.3. The first-order chi connectivity index (χ1) is 11.5. The number of ketones is 1. The maximum atomic E-state index is 12.4. The molecule has 25 heavy (non-hydrogen) atoms. The van der Waals surface area contributed by atoms with Gasteiger partial charge in [0, 0.05) is 18.8 Å². The molecule has 3 atom stereocenters. The highest BCUT2D eigenvalue weighted by Crippen LogP contribution is 2.68. The topological polar surface area (TPSA) is 26.3 Å². The Morgan fingerprint density at radius 1 is 1.20 bits per heavy atom. The van der Waals surface area contributed by atoms with Crippen molar-refractivity contribution in [2.24, 2.45) is 22.7 Å². The first-order valence-corrected chi connectivity index (χ1v) is 13.6. The van der Waals surface area contributed by atoms with E-state index in [4.69, 9.17) is 4.43 Å². The van der Waals surface area contributed by atoms with Gasteiger partial charge in [-0.2, -0.15) is 0 Å². The standard InChI is InChI=1S/C22H36O2Si/c1-20(2,24-25(4,5)6)12-8-14-22(15-16-22)19-11-10-17-18(23)9-7-13-21(17,19)3/h17,19H,7,9-11,13-16H2,1-6H3/t17?,19-,21?/m0/s1. The molecule has 3 fully saturated rings. The lowest BCUT2D eigenvalue weighted by molar-refractivity contribution is -0.130. The third kappa shape index (κ3) is 3.91. The fourth-order valence-corrected chi connectivity index (χ4v) is 7.55. The van der Waals surface area contributed by atoms with Crippen molar-refractivity contribution in [2.45, 2.75) is 97.4 Å². The molecule has 0 amide bonds. The molecule has 0 aromatic rings. The summed E-state index contributed by atoms with van der Waals surface area (Å²) in [5.74, 6) is 8.52. The second-order valence-corrected chi connectivity index (χ2v) is 15.0. The van der Waals surface area contributed by atoms with Crippen LogP contribution in [0.5, 0.6) is 0 Å². The monoisotopic (exact) mass is 360 g/mol. The van der Waals surface area contributed by atoms with Gasteiger partial charge in [-0.15, -0.1) is 0 Å². The van der Waals surface area contributed by atoms with Gasteiger partial charge in [-0.25, -0.2) is 0 Å². The largest absolute Gasteiger partial charge is 0.402 e. The first-order valence-electron chi connectivity index (χ1n) is 10.2. The molecular weight excluding hydrogens is 324 g/mol. The Morgan fingerprint density at radius 2 is 1.88 bits per heavy atom. The van der Waals surface area contributed by atoms with Crippen molar-refractivity contribution in [3.8, 4) is 11.8 Å². The number of Topliss-reactive ketones (excluding diaryl/α,β-unsaturated/α-hetero) is 1. The number of hydrogen-bond acceptors (Lipinski definition) is 2. The molecule has 0 bridgehead atoms. The molecule has 0 N–H and O–H groups in total. The lowest BCUT2D eigenvalue weighted by Gasteiger charge is -2.43. The zero-order chi connectivity index (χ0) is 18.5. The zero-order valence-electron chi connectivity index (χ0n) is 17.1. The van der Waals surface area contributed by atoms with Crippen molar-refractivity contribution in [3.05, 3.63) is 0 Å². The second kappa shape index (κ2) is 6.24. The minimum atomic E-state index is -1.58. The Morgan fingerprint density at radius 3 is 2.48 bits per heavy atom. The van der Waals surface area contributed by atoms with Crippen LogP contribution in [0.4, 0.5) is 0 Å². The van der Waals surface area contributed by atoms with Crippen LogP contribution in [0.25, 0.3) is 0 Å². The number of fused-ring (bicyclic) bond motifs is 1. The average Bonchev–Trinajstić information content (AvgIpc) is 3.11. The van der Waals surface area contributed by atoms with Gasteiger partial charge in [0.15, 0.2) is 8.32 Å². The number of carbonyl (C=O) groups excluding carboxylic acids is 1. The van der Waals surface area contributed by atoms with Gasteiger partial charge in [0.25, 0.3) is 0 Å². The van der Waals surface area contributed by atoms with Crippen molar-refractivity contribution in [1.82, 2.24) is 0 Å². The lowest BCUT2D eigenvalue weighted by atomic mass is 9.60. The van der Waals surface area contributed by atoms with Crippen LogP contribution in [-0.2, 0) is 9.22 Å². The van der Waals surface area contributed by atoms with Crippen LogP contribution in [0.3, 0.4) is 0 Å². The zero-order valence-corrected chi connectivity index (χ0v) is 18.1. The van der Waals surface area contributed by atoms with Gasteiger partial charge < -0.3 is 4.43 Å². The van der Waals surface area contributed by atoms with Gasteiger partial charge in [0.2, 0.25) is 0 Å². The molecule has 0 aromatic heterocycles. The molecule has 3 heteroatoms. The number of carbonyl (C=O) groups is 1. The predicted octanol–water partition coefficient (Wildman–Crippen LogP) is 5.58. The van der Waals surface area contributed by atoms with Gasteiger partial charge in [-0.1, -0.05) is 18.8 Å². The highest BCUT2D eigenvalue weighted by Gasteiger charge is 2.61. The van der Waals surface area contributed by atoms with E-state index < -0.39 is 8.32 Å². The van der Waals surface area contributed by atoms with Crippen LogP contribution in [0.15, 0.2) is 0 Å². The molecule has 0 heterocycles. The average molecular weight is 361 g/mol. The second-order valence-electron chi connectivity index (χ2n) is 10.6. The fraction of sp³-hybridized carbons (Fsp3) is 0.864. The fourth-order valence-electron chi connectivity index (χ4n) is 5.97. The highest BCUT2D eigenvalue weighted by molar-refractivity contribution is 6.69. The van der Waals surface area contributed by atoms with Crippen LogP contribution in [0.2, 0.25) is 19.6 Å². The van der Waals surface area contributed by atoms with Crippen LogP contribution >= 0.6 is 0 Å². The molecule has 3 aliphatic carbocycles. The van der Waals surface area contributed by atoms with E-state index in [1.165, 1.54) is 25.7 Å². The summed E-state index contributed by atoms with van der Waals surface area (Å²) in [6, 6.07) is 0. The molecule has 0 aromatic carbocycles. The van der Waals surface area contributed by atoms with Gasteiger partial charge in [0.1, 0.15) is 11.4 Å². The number of rotatable bonds is 4. The SMILES string of the molecule is CC(C)(C#CCC1([C@H]2CCC3C(=O)CCCC32C)CC1)O[Si](C)(C)C. The van der Waals surface area contributed by atoms with Crippen LogP contribution in [-0.4, -0.2) is 19.7 Å². The molecule has 3 rings (SSSR count). The smallest absolute Gasteiger partial charge is 0.185 e. The molecule has 3 aliphatic rings. The minimum absolute atomic E-state index is 0.248. The summed E-state index contributed by atoms with van der Waals surface area (Å²) in [4.78, 5) is 12.4. The van der Waals surface area contributed by atoms with Crippen molar-refractivity contribution >= 4 is 14.1 Å². The Labute approximate surface area is 155 Å². The Kier molecular flexibility index (Phi) is 4.78. The maximum absolute atomic E-state index is 12.4. The summed E-state index contributed by atoms with van der Waals surface area (Å²) in [5.41, 5.74) is 0.296. The Balaban J connectivity index is 1.70. The molecule has 0 spiro atoms. The molecule has 3 saturated carbocycles. The molecule has 0 radical (unpaired) electrons. The minimum Gasteiger partial charge on any atom is -0.402 e. The third-order valence-corrected chi connectivity index (χ3v) is 8.01. The summed E-state index contributed by atoms with van der Waals surface area (Å²) in [7, 11) is -1.58. The normalized spacial score (nSPS) is 34.2. The lowest BCUT2D eigenvalue weighted by Crippen LogP contribution is -2.40. The number of hydrogen-bond donors (Lipinski definition) is 0. The van der Waals surface area contributed by atoms with E-state index in [2.05, 4.69) is 52.3 Å². The predicted molar refractivity (Wildman–Crippen MR) is 106 cm³/mol. The van der Waals surface area contributed by atoms with Crippen LogP contribution in [0.1, 0.15) is 72.1 Å². The Hall–Kier alpha value is -0.593. The van der Waals surface area contributed by atoms with E-state index >= 15 is 0 Å². The molecular formula is C22H36O2Si. The summed E-state index contributed by atoms with van der Waals surface area (Å²) < 4.78 is 6.23. The van der Waals surface area contributed by atoms with Gasteiger partial charge >= 0.3 is 0 Å². The van der Waals surface area contributed by atoms with Crippen LogP contribution < -0.4 is 0 Å². The molecule has 0 saturated heterocycles. The third-order valence-electron chi connectivity index (χ3n) is 6.89. The van der Waals surface area contributed by atoms with Crippen molar-refractivity contribution in [3.63, 3.8) is 0 Å². The maximum Gasteiger partial charge on any atom is 0.185 e. The quantitative estimate of drug-likeness (QED) is 0.483. The van der Waals surface area contributed by atoms with E-state index in [9.17, 15) is 4.79 Å². The van der Waals surface area contributed by atoms with Crippen molar-refractivity contribution < 1.29 is 9.22 Å². The Bertz CT molecular complexity index is 600. The molecule has 2 nitrogen and oxygen atoms in total. The van der Waals surface area contributed by atoms with Crippen LogP contribution in [0, 0.1) is 34.5 Å². The molecule has 2 unspecified atom stereocenters. The summed E-state index contributed by atoms with van der Waals surface area (Å²) in [5, 5.41) is 0. The van der Waals surface area contributed by atoms with E-state index in [0.717, 1.165) is 25.7 Å². The summed E-state index contributed by atoms with van der Waals surface area (Å²) in [6.07, 6.45) is 9.13. The van der Waals surface area contributed by atoms with Crippen molar-refractivity contribution in [1.29, 1.82) is 0 Å². The molecule has 0 aliphatic heterocycles. The van der Waals surface area contributed by atoms with E-state index in [1.807, 2.05) is 0 Å². The van der Waals surface area contributed by atoms with E-state index in [0.29, 0.717) is 23.0 Å². The van der Waals surface area contributed by atoms with Gasteiger partial charge in [-0.05, 0) is 88.8 Å². The molecule has 140 valence electrons. The van der Waals surface area contributed by atoms with E-state index in [-0.39, 0.29) is 11.0 Å². The summed E-state index contributed by atoms with van der Waals surface area (Å²) >= 11 is 0. The van der Waals surface area contributed by atoms with Gasteiger partial charge in [-0.3, -0.25) is 4.79 Å².